The molecular formula is C46H44BP. The summed E-state index contributed by atoms with van der Waals surface area (Å²) in [5.41, 5.74) is 10.6. The summed E-state index contributed by atoms with van der Waals surface area (Å²) in [5, 5.41) is 4.31. The summed E-state index contributed by atoms with van der Waals surface area (Å²) >= 11 is 0. The van der Waals surface area contributed by atoms with Crippen LogP contribution in [-0.2, 0) is 0 Å². The first-order chi connectivity index (χ1) is 23.4. The minimum atomic E-state index is -1.27. The minimum Gasteiger partial charge on any atom is -0.195 e. The van der Waals surface area contributed by atoms with Gasteiger partial charge in [-0.05, 0) is 64.1 Å². The Bertz CT molecular complexity index is 1720. The molecule has 0 aliphatic heterocycles. The van der Waals surface area contributed by atoms with Gasteiger partial charge in [-0.25, -0.2) is 0 Å². The van der Waals surface area contributed by atoms with Crippen molar-refractivity contribution in [2.45, 2.75) is 27.7 Å². The lowest BCUT2D eigenvalue weighted by molar-refractivity contribution is 1.46. The van der Waals surface area contributed by atoms with Crippen molar-refractivity contribution in [1.29, 1.82) is 0 Å². The Kier molecular flexibility index (Phi) is 10.5. The van der Waals surface area contributed by atoms with E-state index < -0.39 is 14.1 Å². The Morgan fingerprint density at radius 1 is 0.271 bits per heavy atom. The van der Waals surface area contributed by atoms with Crippen LogP contribution in [0.25, 0.3) is 0 Å². The average Bonchev–Trinajstić information content (AvgIpc) is 3.13. The molecule has 0 saturated heterocycles. The first-order valence-corrected chi connectivity index (χ1v) is 18.4. The Hall–Kier alpha value is -4.97. The molecule has 0 bridgehead atoms. The van der Waals surface area contributed by atoms with Crippen molar-refractivity contribution in [3.05, 3.63) is 210 Å². The second-order valence-electron chi connectivity index (χ2n) is 13.0. The van der Waals surface area contributed by atoms with Crippen molar-refractivity contribution in [3.63, 3.8) is 0 Å². The van der Waals surface area contributed by atoms with Crippen molar-refractivity contribution < 1.29 is 0 Å². The lowest BCUT2D eigenvalue weighted by atomic mass is 9.13. The number of hydrogen-bond acceptors (Lipinski definition) is 0. The maximum Gasteiger partial charge on any atom is 0.108 e. The molecule has 0 aromatic heterocycles. The van der Waals surface area contributed by atoms with Crippen molar-refractivity contribution in [2.75, 3.05) is 0 Å². The summed E-state index contributed by atoms with van der Waals surface area (Å²) in [7, 11) is -0.877. The van der Waals surface area contributed by atoms with E-state index in [2.05, 4.69) is 216 Å². The van der Waals surface area contributed by atoms with Crippen molar-refractivity contribution in [1.82, 2.24) is 0 Å². The second kappa shape index (κ2) is 15.3. The van der Waals surface area contributed by atoms with E-state index in [1.54, 1.807) is 0 Å². The Labute approximate surface area is 288 Å². The predicted octanol–water partition coefficient (Wildman–Crippen LogP) is 7.47. The van der Waals surface area contributed by atoms with Gasteiger partial charge in [0.1, 0.15) is 22.1 Å². The molecule has 0 amide bonds. The lowest BCUT2D eigenvalue weighted by Crippen LogP contribution is -2.74. The van der Waals surface area contributed by atoms with Gasteiger partial charge in [-0.2, -0.15) is 21.9 Å². The molecule has 0 radical (unpaired) electrons. The van der Waals surface area contributed by atoms with Crippen LogP contribution < -0.4 is 37.8 Å². The first kappa shape index (κ1) is 33.0. The van der Waals surface area contributed by atoms with Gasteiger partial charge in [-0.1, -0.05) is 174 Å². The fraction of sp³-hybridized carbons (Fsp3) is 0.0870. The zero-order chi connectivity index (χ0) is 33.3. The van der Waals surface area contributed by atoms with E-state index in [0.29, 0.717) is 0 Å². The molecule has 236 valence electrons. The molecule has 0 aliphatic rings. The number of aryl methyl sites for hydroxylation is 4. The molecule has 0 fully saturated rings. The molecule has 0 aliphatic carbocycles. The molecule has 0 atom stereocenters. The molecule has 0 N–H and O–H groups in total. The maximum atomic E-state index is 2.31. The highest BCUT2D eigenvalue weighted by Gasteiger charge is 2.31. The van der Waals surface area contributed by atoms with Gasteiger partial charge in [0.05, 0.1) is 7.92 Å². The molecule has 7 aromatic carbocycles. The van der Waals surface area contributed by atoms with Gasteiger partial charge >= 0.3 is 0 Å². The van der Waals surface area contributed by atoms with E-state index in [4.69, 9.17) is 0 Å². The summed E-state index contributed by atoms with van der Waals surface area (Å²) in [5.74, 6) is 0. The SMILES string of the molecule is Cc1ccc([B-](c2ccc(C)cc2)(c2ccc(C)cc2)c2ccc(C)cc2)cc1.c1ccc([PH+](c2ccccc2)c2ccccc2)cc1. The van der Waals surface area contributed by atoms with Gasteiger partial charge < -0.3 is 0 Å². The van der Waals surface area contributed by atoms with E-state index in [9.17, 15) is 0 Å². The van der Waals surface area contributed by atoms with Crippen LogP contribution in [-0.4, -0.2) is 6.15 Å². The van der Waals surface area contributed by atoms with Gasteiger partial charge in [0.15, 0.2) is 0 Å². The topological polar surface area (TPSA) is 0 Å². The van der Waals surface area contributed by atoms with Crippen LogP contribution >= 0.6 is 7.92 Å². The fourth-order valence-corrected chi connectivity index (χ4v) is 9.47. The first-order valence-electron chi connectivity index (χ1n) is 16.9. The third-order valence-electron chi connectivity index (χ3n) is 9.50. The summed E-state index contributed by atoms with van der Waals surface area (Å²) in [6.45, 7) is 8.62. The molecule has 48 heavy (non-hydrogen) atoms. The van der Waals surface area contributed by atoms with Gasteiger partial charge in [-0.15, -0.1) is 0 Å². The van der Waals surface area contributed by atoms with E-state index in [-0.39, 0.29) is 0 Å². The quantitative estimate of drug-likeness (QED) is 0.126. The van der Waals surface area contributed by atoms with Gasteiger partial charge in [0.2, 0.25) is 0 Å². The van der Waals surface area contributed by atoms with E-state index in [1.165, 1.54) is 60.0 Å². The van der Waals surface area contributed by atoms with Crippen LogP contribution in [0.15, 0.2) is 188 Å². The maximum absolute atomic E-state index is 2.31. The van der Waals surface area contributed by atoms with Crippen LogP contribution in [0.4, 0.5) is 0 Å². The average molecular weight is 639 g/mol. The Morgan fingerprint density at radius 3 is 0.688 bits per heavy atom. The minimum absolute atomic E-state index is 0.877. The summed E-state index contributed by atoms with van der Waals surface area (Å²) in [6, 6.07) is 68.9. The summed E-state index contributed by atoms with van der Waals surface area (Å²) in [6.07, 6.45) is -1.27. The molecule has 2 heteroatoms. The molecule has 0 unspecified atom stereocenters. The Balaban J connectivity index is 0.000000182. The van der Waals surface area contributed by atoms with E-state index >= 15 is 0 Å². The van der Waals surface area contributed by atoms with E-state index in [1.807, 2.05) is 0 Å². The number of rotatable bonds is 7. The smallest absolute Gasteiger partial charge is 0.108 e. The van der Waals surface area contributed by atoms with Crippen molar-refractivity contribution in [3.8, 4) is 0 Å². The van der Waals surface area contributed by atoms with Gasteiger partial charge in [0, 0.05) is 0 Å². The molecule has 0 saturated carbocycles. The third kappa shape index (κ3) is 7.28. The molecule has 0 spiro atoms. The van der Waals surface area contributed by atoms with Crippen LogP contribution in [0.3, 0.4) is 0 Å². The van der Waals surface area contributed by atoms with Gasteiger partial charge in [-0.3, -0.25) is 0 Å². The summed E-state index contributed by atoms with van der Waals surface area (Å²) < 4.78 is 0. The highest BCUT2D eigenvalue weighted by atomic mass is 31.1. The number of benzene rings is 7. The molecular weight excluding hydrogens is 594 g/mol. The fourth-order valence-electron chi connectivity index (χ4n) is 6.89. The monoisotopic (exact) mass is 638 g/mol. The van der Waals surface area contributed by atoms with Crippen LogP contribution in [0, 0.1) is 27.7 Å². The predicted molar refractivity (Wildman–Crippen MR) is 216 cm³/mol. The van der Waals surface area contributed by atoms with Crippen LogP contribution in [0.1, 0.15) is 22.3 Å². The van der Waals surface area contributed by atoms with Gasteiger partial charge in [0.25, 0.3) is 0 Å². The normalized spacial score (nSPS) is 11.1. The molecule has 7 rings (SSSR count). The lowest BCUT2D eigenvalue weighted by Gasteiger charge is -2.44. The Morgan fingerprint density at radius 2 is 0.479 bits per heavy atom. The van der Waals surface area contributed by atoms with Crippen LogP contribution in [0.2, 0.25) is 0 Å². The third-order valence-corrected chi connectivity index (χ3v) is 12.2. The van der Waals surface area contributed by atoms with Crippen molar-refractivity contribution in [2.24, 2.45) is 0 Å². The zero-order valence-corrected chi connectivity index (χ0v) is 29.5. The largest absolute Gasteiger partial charge is 0.195 e. The molecule has 0 nitrogen and oxygen atoms in total. The standard InChI is InChI=1S/C28H28B.C18H15P/c1-21-5-13-25(14-6-21)29(26-15-7-22(2)8-16-26,27-17-9-23(3)10-18-27)28-19-11-24(4)12-20-28;1-4-10-16(11-5-1)19(17-12-6-2-7-13-17)18-14-8-3-9-15-18/h5-20H,1-4H3;1-15H/q-1;/p+1. The van der Waals surface area contributed by atoms with Crippen molar-refractivity contribution >= 4 is 51.8 Å². The number of hydrogen-bond donors (Lipinski definition) is 0. The van der Waals surface area contributed by atoms with E-state index in [0.717, 1.165) is 0 Å². The second-order valence-corrected chi connectivity index (χ2v) is 15.5. The summed E-state index contributed by atoms with van der Waals surface area (Å²) in [4.78, 5) is 0. The molecule has 7 aromatic rings. The van der Waals surface area contributed by atoms with Crippen LogP contribution in [0.5, 0.6) is 0 Å². The highest BCUT2D eigenvalue weighted by molar-refractivity contribution is 7.79. The zero-order valence-electron chi connectivity index (χ0n) is 28.5. The molecule has 0 heterocycles. The highest BCUT2D eigenvalue weighted by Crippen LogP contribution is 2.32.